The third-order valence-electron chi connectivity index (χ3n) is 2.04. The van der Waals surface area contributed by atoms with Gasteiger partial charge in [-0.25, -0.2) is 9.59 Å². The van der Waals surface area contributed by atoms with Crippen LogP contribution in [0.4, 0.5) is 0 Å². The molecule has 1 atom stereocenters. The van der Waals surface area contributed by atoms with Gasteiger partial charge in [-0.2, -0.15) is 0 Å². The predicted octanol–water partition coefficient (Wildman–Crippen LogP) is 1.26. The summed E-state index contributed by atoms with van der Waals surface area (Å²) in [5, 5.41) is 14.8. The van der Waals surface area contributed by atoms with Crippen LogP contribution >= 0.6 is 0 Å². The minimum absolute atomic E-state index is 0.0254. The molecule has 0 fully saturated rings. The Labute approximate surface area is 98.9 Å². The van der Waals surface area contributed by atoms with E-state index >= 15 is 0 Å². The number of carbonyl (C=O) groups excluding carboxylic acids is 1. The number of rotatable bonds is 3. The van der Waals surface area contributed by atoms with Gasteiger partial charge in [-0.15, -0.1) is 0 Å². The number of carboxylic acids is 2. The first kappa shape index (κ1) is 15.2. The Morgan fingerprint density at radius 1 is 1.35 bits per heavy atom. The minimum atomic E-state index is -1.82. The van der Waals surface area contributed by atoms with Crippen molar-refractivity contribution in [3.8, 4) is 0 Å². The lowest BCUT2D eigenvalue weighted by Crippen LogP contribution is -2.09. The summed E-state index contributed by atoms with van der Waals surface area (Å²) in [6.45, 7) is 4.31. The maximum absolute atomic E-state index is 10.9. The van der Waals surface area contributed by atoms with Gasteiger partial charge >= 0.3 is 17.9 Å². The molecule has 17 heavy (non-hydrogen) atoms. The second-order valence-electron chi connectivity index (χ2n) is 3.95. The van der Waals surface area contributed by atoms with Gasteiger partial charge in [-0.3, -0.25) is 4.79 Å². The zero-order valence-electron chi connectivity index (χ0n) is 9.75. The van der Waals surface area contributed by atoms with Crippen LogP contribution in [0.15, 0.2) is 12.3 Å². The molecule has 0 saturated carbocycles. The van der Waals surface area contributed by atoms with E-state index in [4.69, 9.17) is 19.8 Å². The van der Waals surface area contributed by atoms with Crippen molar-refractivity contribution in [2.45, 2.75) is 26.7 Å². The van der Waals surface area contributed by atoms with Gasteiger partial charge < -0.3 is 14.9 Å². The first-order valence-corrected chi connectivity index (χ1v) is 5.18. The maximum atomic E-state index is 10.9. The fourth-order valence-corrected chi connectivity index (χ4v) is 1.09. The molecule has 0 amide bonds. The van der Waals surface area contributed by atoms with Crippen LogP contribution in [0, 0.1) is 11.8 Å². The summed E-state index contributed by atoms with van der Waals surface area (Å²) in [7, 11) is 0. The van der Waals surface area contributed by atoms with Crippen molar-refractivity contribution < 1.29 is 29.3 Å². The topological polar surface area (TPSA) is 101 Å². The number of hydrogen-bond donors (Lipinski definition) is 2. The van der Waals surface area contributed by atoms with E-state index in [0.29, 0.717) is 5.92 Å². The number of hydrogen-bond acceptors (Lipinski definition) is 4. The molecule has 0 bridgehead atoms. The SMILES string of the molecule is CC(C)CCC1C=COC1=O.O=C(O)C(=O)O. The summed E-state index contributed by atoms with van der Waals surface area (Å²) < 4.78 is 4.68. The molecule has 0 spiro atoms. The standard InChI is InChI=1S/C9H14O2.C2H2O4/c1-7(2)3-4-8-5-6-11-9(8)10;3-1(4)2(5)6/h5-8H,3-4H2,1-2H3;(H,3,4)(H,5,6). The van der Waals surface area contributed by atoms with E-state index in [1.807, 2.05) is 6.08 Å². The Hall–Kier alpha value is -1.85. The number of esters is 1. The Bertz CT molecular complexity index is 306. The Balaban J connectivity index is 0.000000366. The Kier molecular flexibility index (Phi) is 6.62. The van der Waals surface area contributed by atoms with Crippen molar-refractivity contribution >= 4 is 17.9 Å². The van der Waals surface area contributed by atoms with Crippen LogP contribution in [-0.4, -0.2) is 28.1 Å². The van der Waals surface area contributed by atoms with Crippen LogP contribution in [0.3, 0.4) is 0 Å². The maximum Gasteiger partial charge on any atom is 0.414 e. The summed E-state index contributed by atoms with van der Waals surface area (Å²) >= 11 is 0. The molecule has 0 aromatic rings. The molecule has 2 N–H and O–H groups in total. The molecule has 1 unspecified atom stereocenters. The normalized spacial score (nSPS) is 17.4. The molecule has 0 aromatic heterocycles. The molecule has 96 valence electrons. The van der Waals surface area contributed by atoms with Gasteiger partial charge in [0.1, 0.15) is 0 Å². The summed E-state index contributed by atoms with van der Waals surface area (Å²) in [5.74, 6) is -3.05. The van der Waals surface area contributed by atoms with E-state index in [9.17, 15) is 4.79 Å². The zero-order chi connectivity index (χ0) is 13.4. The summed E-state index contributed by atoms with van der Waals surface area (Å²) in [6.07, 6.45) is 5.34. The van der Waals surface area contributed by atoms with Gasteiger partial charge in [0.2, 0.25) is 0 Å². The number of carbonyl (C=O) groups is 3. The van der Waals surface area contributed by atoms with Crippen molar-refractivity contribution in [3.05, 3.63) is 12.3 Å². The van der Waals surface area contributed by atoms with Crippen LogP contribution in [-0.2, 0) is 19.1 Å². The highest BCUT2D eigenvalue weighted by molar-refractivity contribution is 6.27. The van der Waals surface area contributed by atoms with E-state index in [0.717, 1.165) is 12.8 Å². The molecular weight excluding hydrogens is 228 g/mol. The largest absolute Gasteiger partial charge is 0.473 e. The van der Waals surface area contributed by atoms with Crippen LogP contribution < -0.4 is 0 Å². The fraction of sp³-hybridized carbons (Fsp3) is 0.545. The van der Waals surface area contributed by atoms with Crippen molar-refractivity contribution in [1.82, 2.24) is 0 Å². The average molecular weight is 244 g/mol. The van der Waals surface area contributed by atoms with Gasteiger partial charge in [0.05, 0.1) is 12.2 Å². The second kappa shape index (κ2) is 7.43. The van der Waals surface area contributed by atoms with Gasteiger partial charge in [0.25, 0.3) is 0 Å². The quantitative estimate of drug-likeness (QED) is 0.572. The van der Waals surface area contributed by atoms with Crippen molar-refractivity contribution in [2.24, 2.45) is 11.8 Å². The van der Waals surface area contributed by atoms with Gasteiger partial charge in [0.15, 0.2) is 0 Å². The fourth-order valence-electron chi connectivity index (χ4n) is 1.09. The lowest BCUT2D eigenvalue weighted by atomic mass is 9.99. The first-order valence-electron chi connectivity index (χ1n) is 5.18. The monoisotopic (exact) mass is 244 g/mol. The number of aliphatic carboxylic acids is 2. The molecule has 1 heterocycles. The van der Waals surface area contributed by atoms with Gasteiger partial charge in [0, 0.05) is 0 Å². The van der Waals surface area contributed by atoms with Crippen molar-refractivity contribution in [3.63, 3.8) is 0 Å². The van der Waals surface area contributed by atoms with Crippen LogP contribution in [0.5, 0.6) is 0 Å². The number of ether oxygens (including phenoxy) is 1. The van der Waals surface area contributed by atoms with Crippen LogP contribution in [0.1, 0.15) is 26.7 Å². The molecule has 1 aliphatic heterocycles. The molecule has 1 rings (SSSR count). The third kappa shape index (κ3) is 7.10. The number of cyclic esters (lactones) is 1. The summed E-state index contributed by atoms with van der Waals surface area (Å²) in [5.41, 5.74) is 0. The van der Waals surface area contributed by atoms with E-state index in [2.05, 4.69) is 18.6 Å². The first-order chi connectivity index (χ1) is 7.84. The lowest BCUT2D eigenvalue weighted by Gasteiger charge is -2.06. The van der Waals surface area contributed by atoms with E-state index < -0.39 is 11.9 Å². The van der Waals surface area contributed by atoms with Gasteiger partial charge in [-0.1, -0.05) is 13.8 Å². The minimum Gasteiger partial charge on any atom is -0.473 e. The number of carboxylic acid groups (broad SMARTS) is 2. The highest BCUT2D eigenvalue weighted by Crippen LogP contribution is 2.18. The lowest BCUT2D eigenvalue weighted by molar-refractivity contribution is -0.159. The average Bonchev–Trinajstić information content (AvgIpc) is 2.61. The van der Waals surface area contributed by atoms with E-state index in [1.165, 1.54) is 6.26 Å². The van der Waals surface area contributed by atoms with Crippen LogP contribution in [0.25, 0.3) is 0 Å². The van der Waals surface area contributed by atoms with Crippen molar-refractivity contribution in [1.29, 1.82) is 0 Å². The highest BCUT2D eigenvalue weighted by Gasteiger charge is 2.20. The smallest absolute Gasteiger partial charge is 0.414 e. The summed E-state index contributed by atoms with van der Waals surface area (Å²) in [4.78, 5) is 29.1. The molecule has 0 aromatic carbocycles. The summed E-state index contributed by atoms with van der Waals surface area (Å²) in [6, 6.07) is 0. The molecule has 6 nitrogen and oxygen atoms in total. The Morgan fingerprint density at radius 3 is 2.18 bits per heavy atom. The molecule has 0 radical (unpaired) electrons. The van der Waals surface area contributed by atoms with Crippen LogP contribution in [0.2, 0.25) is 0 Å². The molecule has 0 saturated heterocycles. The second-order valence-corrected chi connectivity index (χ2v) is 3.95. The van der Waals surface area contributed by atoms with E-state index in [-0.39, 0.29) is 11.9 Å². The Morgan fingerprint density at radius 2 is 1.88 bits per heavy atom. The zero-order valence-corrected chi connectivity index (χ0v) is 9.75. The molecule has 6 heteroatoms. The van der Waals surface area contributed by atoms with E-state index in [1.54, 1.807) is 0 Å². The molecular formula is C11H16O6. The predicted molar refractivity (Wildman–Crippen MR) is 58.1 cm³/mol. The molecule has 0 aliphatic carbocycles. The molecule has 1 aliphatic rings. The van der Waals surface area contributed by atoms with Gasteiger partial charge in [-0.05, 0) is 24.8 Å². The van der Waals surface area contributed by atoms with Crippen molar-refractivity contribution in [2.75, 3.05) is 0 Å². The highest BCUT2D eigenvalue weighted by atomic mass is 16.5. The third-order valence-corrected chi connectivity index (χ3v) is 2.04.